The highest BCUT2D eigenvalue weighted by Crippen LogP contribution is 2.05. The van der Waals surface area contributed by atoms with E-state index in [2.05, 4.69) is 16.4 Å². The summed E-state index contributed by atoms with van der Waals surface area (Å²) in [6, 6.07) is 0. The molecule has 0 unspecified atom stereocenters. The quantitative estimate of drug-likeness (QED) is 0.587. The fourth-order valence-electron chi connectivity index (χ4n) is 0.915. The second-order valence-electron chi connectivity index (χ2n) is 2.13. The van der Waals surface area contributed by atoms with Gasteiger partial charge in [0.05, 0.1) is 11.9 Å². The summed E-state index contributed by atoms with van der Waals surface area (Å²) in [6.45, 7) is 4.00. The summed E-state index contributed by atoms with van der Waals surface area (Å²) in [5.74, 6) is 0. The Kier molecular flexibility index (Phi) is 3.26. The first-order valence-electron chi connectivity index (χ1n) is 4.20. The van der Waals surface area contributed by atoms with Gasteiger partial charge in [0.1, 0.15) is 0 Å². The van der Waals surface area contributed by atoms with Gasteiger partial charge in [-0.3, -0.25) is 0 Å². The molecule has 1 aliphatic heterocycles. The van der Waals surface area contributed by atoms with Crippen LogP contribution in [-0.4, -0.2) is 15.0 Å². The Morgan fingerprint density at radius 3 is 3.00 bits per heavy atom. The van der Waals surface area contributed by atoms with Crippen molar-refractivity contribution in [3.8, 4) is 0 Å². The van der Waals surface area contributed by atoms with Crippen LogP contribution in [0.25, 0.3) is 12.3 Å². The lowest BCUT2D eigenvalue weighted by Crippen LogP contribution is -1.89. The molecule has 1 aromatic rings. The first-order valence-corrected chi connectivity index (χ1v) is 4.20. The topological polar surface area (TPSA) is 30.7 Å². The number of nitrogens with zero attached hydrogens (tertiary/aromatic N) is 3. The highest BCUT2D eigenvalue weighted by atomic mass is 15.4. The van der Waals surface area contributed by atoms with E-state index < -0.39 is 0 Å². The predicted molar refractivity (Wildman–Crippen MR) is 50.4 cm³/mol. The molecule has 2 rings (SSSR count). The van der Waals surface area contributed by atoms with Crippen LogP contribution in [0.1, 0.15) is 26.0 Å². The maximum Gasteiger partial charge on any atom is 0.0861 e. The predicted octanol–water partition coefficient (Wildman–Crippen LogP) is 2.19. The molecule has 0 fully saturated rings. The average Bonchev–Trinajstić information content (AvgIpc) is 2.46. The molecule has 0 atom stereocenters. The smallest absolute Gasteiger partial charge is 0.0861 e. The molecule has 3 nitrogen and oxygen atoms in total. The lowest BCUT2D eigenvalue weighted by molar-refractivity contribution is 0.836. The first kappa shape index (κ1) is 8.71. The van der Waals surface area contributed by atoms with E-state index in [4.69, 9.17) is 0 Å². The molecule has 0 aromatic carbocycles. The van der Waals surface area contributed by atoms with Gasteiger partial charge in [0.15, 0.2) is 0 Å². The highest BCUT2D eigenvalue weighted by molar-refractivity contribution is 5.49. The van der Waals surface area contributed by atoms with E-state index in [-0.39, 0.29) is 0 Å². The SMILES string of the molecule is C1=Cc2cnnn2C=CC1.CC. The summed E-state index contributed by atoms with van der Waals surface area (Å²) < 4.78 is 1.75. The largest absolute Gasteiger partial charge is 0.221 e. The number of fused-ring (bicyclic) bond motifs is 1. The molecule has 12 heavy (non-hydrogen) atoms. The van der Waals surface area contributed by atoms with Crippen molar-refractivity contribution in [3.05, 3.63) is 24.0 Å². The monoisotopic (exact) mass is 163 g/mol. The normalized spacial score (nSPS) is 12.8. The number of hydrogen-bond donors (Lipinski definition) is 0. The van der Waals surface area contributed by atoms with Crippen LogP contribution >= 0.6 is 0 Å². The third kappa shape index (κ3) is 1.81. The zero-order valence-electron chi connectivity index (χ0n) is 7.44. The fraction of sp³-hybridized carbons (Fsp3) is 0.333. The molecule has 2 heterocycles. The van der Waals surface area contributed by atoms with Crippen LogP contribution < -0.4 is 0 Å². The van der Waals surface area contributed by atoms with E-state index in [9.17, 15) is 0 Å². The molecule has 1 aromatic heterocycles. The van der Waals surface area contributed by atoms with Crippen molar-refractivity contribution >= 4 is 12.3 Å². The molecule has 0 bridgehead atoms. The molecule has 0 saturated heterocycles. The minimum absolute atomic E-state index is 0.976. The second-order valence-corrected chi connectivity index (χ2v) is 2.13. The molecular weight excluding hydrogens is 150 g/mol. The van der Waals surface area contributed by atoms with E-state index in [0.717, 1.165) is 12.1 Å². The van der Waals surface area contributed by atoms with E-state index >= 15 is 0 Å². The van der Waals surface area contributed by atoms with Gasteiger partial charge in [-0.1, -0.05) is 31.2 Å². The summed E-state index contributed by atoms with van der Waals surface area (Å²) in [5.41, 5.74) is 1.04. The van der Waals surface area contributed by atoms with Crippen LogP contribution in [0, 0.1) is 0 Å². The molecule has 64 valence electrons. The molecule has 0 N–H and O–H groups in total. The highest BCUT2D eigenvalue weighted by Gasteiger charge is 1.96. The summed E-state index contributed by atoms with van der Waals surface area (Å²) in [5, 5.41) is 7.60. The van der Waals surface area contributed by atoms with Gasteiger partial charge in [-0.05, 0) is 12.5 Å². The van der Waals surface area contributed by atoms with Crippen molar-refractivity contribution in [3.63, 3.8) is 0 Å². The second kappa shape index (κ2) is 4.49. The Bertz CT molecular complexity index is 257. The number of allylic oxidation sites excluding steroid dienone is 2. The Labute approximate surface area is 72.4 Å². The lowest BCUT2D eigenvalue weighted by Gasteiger charge is -1.88. The van der Waals surface area contributed by atoms with Crippen LogP contribution in [0.3, 0.4) is 0 Å². The molecule has 0 radical (unpaired) electrons. The van der Waals surface area contributed by atoms with Crippen molar-refractivity contribution in [1.29, 1.82) is 0 Å². The maximum absolute atomic E-state index is 3.85. The Morgan fingerprint density at radius 2 is 2.17 bits per heavy atom. The molecule has 0 amide bonds. The Balaban J connectivity index is 0.000000336. The number of rotatable bonds is 0. The summed E-state index contributed by atoms with van der Waals surface area (Å²) in [4.78, 5) is 0. The third-order valence-electron chi connectivity index (χ3n) is 1.41. The summed E-state index contributed by atoms with van der Waals surface area (Å²) >= 11 is 0. The number of aromatic nitrogens is 3. The number of hydrogen-bond acceptors (Lipinski definition) is 2. The molecule has 0 saturated carbocycles. The van der Waals surface area contributed by atoms with Crippen molar-refractivity contribution in [1.82, 2.24) is 15.0 Å². The zero-order chi connectivity index (χ0) is 8.81. The van der Waals surface area contributed by atoms with Gasteiger partial charge in [0.2, 0.25) is 0 Å². The van der Waals surface area contributed by atoms with E-state index in [1.54, 1.807) is 10.9 Å². The maximum atomic E-state index is 3.85. The Hall–Kier alpha value is -1.38. The van der Waals surface area contributed by atoms with Gasteiger partial charge < -0.3 is 0 Å². The van der Waals surface area contributed by atoms with E-state index in [0.29, 0.717) is 0 Å². The van der Waals surface area contributed by atoms with Crippen molar-refractivity contribution in [2.45, 2.75) is 20.3 Å². The van der Waals surface area contributed by atoms with Gasteiger partial charge in [0.25, 0.3) is 0 Å². The summed E-state index contributed by atoms with van der Waals surface area (Å²) in [7, 11) is 0. The fourth-order valence-corrected chi connectivity index (χ4v) is 0.915. The molecule has 3 heteroatoms. The summed E-state index contributed by atoms with van der Waals surface area (Å²) in [6.07, 6.45) is 10.8. The lowest BCUT2D eigenvalue weighted by atomic mass is 10.3. The Morgan fingerprint density at radius 1 is 1.33 bits per heavy atom. The van der Waals surface area contributed by atoms with Crippen molar-refractivity contribution < 1.29 is 0 Å². The van der Waals surface area contributed by atoms with Crippen LogP contribution in [-0.2, 0) is 0 Å². The van der Waals surface area contributed by atoms with Crippen molar-refractivity contribution in [2.24, 2.45) is 0 Å². The minimum Gasteiger partial charge on any atom is -0.221 e. The van der Waals surface area contributed by atoms with Crippen LogP contribution in [0.2, 0.25) is 0 Å². The van der Waals surface area contributed by atoms with Gasteiger partial charge in [0, 0.05) is 6.20 Å². The first-order chi connectivity index (χ1) is 5.97. The molecule has 0 aliphatic carbocycles. The van der Waals surface area contributed by atoms with Gasteiger partial charge >= 0.3 is 0 Å². The van der Waals surface area contributed by atoms with Crippen LogP contribution in [0.5, 0.6) is 0 Å². The average molecular weight is 163 g/mol. The van der Waals surface area contributed by atoms with Crippen LogP contribution in [0.4, 0.5) is 0 Å². The van der Waals surface area contributed by atoms with Crippen molar-refractivity contribution in [2.75, 3.05) is 0 Å². The van der Waals surface area contributed by atoms with Crippen LogP contribution in [0.15, 0.2) is 18.3 Å². The third-order valence-corrected chi connectivity index (χ3v) is 1.41. The molecular formula is C9H13N3. The van der Waals surface area contributed by atoms with Gasteiger partial charge in [-0.25, -0.2) is 4.68 Å². The minimum atomic E-state index is 0.976. The molecule has 0 spiro atoms. The van der Waals surface area contributed by atoms with Gasteiger partial charge in [-0.15, -0.1) is 5.10 Å². The molecule has 1 aliphatic rings. The van der Waals surface area contributed by atoms with E-state index in [1.807, 2.05) is 32.2 Å². The van der Waals surface area contributed by atoms with Gasteiger partial charge in [-0.2, -0.15) is 0 Å². The zero-order valence-corrected chi connectivity index (χ0v) is 7.44. The standard InChI is InChI=1S/C7H7N3.C2H6/c1-2-4-7-6-8-9-10(7)5-3-1;1-2/h2-6H,1H2;1-2H3. The van der Waals surface area contributed by atoms with E-state index in [1.165, 1.54) is 0 Å².